The van der Waals surface area contributed by atoms with Gasteiger partial charge >= 0.3 is 0 Å². The van der Waals surface area contributed by atoms with Crippen LogP contribution in [-0.2, 0) is 10.2 Å². The lowest BCUT2D eigenvalue weighted by Crippen LogP contribution is -2.41. The maximum atomic E-state index is 13.4. The highest BCUT2D eigenvalue weighted by atomic mass is 79.9. The molecule has 1 aliphatic heterocycles. The number of halogens is 1. The number of nitrogens with zero attached hydrogens (tertiary/aromatic N) is 2. The van der Waals surface area contributed by atoms with E-state index in [2.05, 4.69) is 15.9 Å². The van der Waals surface area contributed by atoms with Crippen molar-refractivity contribution >= 4 is 45.0 Å². The summed E-state index contributed by atoms with van der Waals surface area (Å²) < 4.78 is 0.973. The van der Waals surface area contributed by atoms with Crippen LogP contribution in [0.4, 0.5) is 0 Å². The van der Waals surface area contributed by atoms with E-state index in [9.17, 15) is 14.4 Å². The predicted molar refractivity (Wildman–Crippen MR) is 112 cm³/mol. The van der Waals surface area contributed by atoms with E-state index >= 15 is 0 Å². The fourth-order valence-electron chi connectivity index (χ4n) is 4.19. The maximum Gasteiger partial charge on any atom is 0.261 e. The first kappa shape index (κ1) is 19.3. The summed E-state index contributed by atoms with van der Waals surface area (Å²) in [6.45, 7) is 5.50. The number of rotatable bonds is 6. The molecule has 5 nitrogen and oxygen atoms in total. The molecule has 1 aliphatic carbocycles. The molecule has 28 heavy (non-hydrogen) atoms. The number of hydrogen-bond donors (Lipinski definition) is 0. The lowest BCUT2D eigenvalue weighted by Gasteiger charge is -2.26. The molecule has 2 aliphatic rings. The number of carbonyl (C=O) groups is 3. The zero-order chi connectivity index (χ0) is 20.1. The third kappa shape index (κ3) is 2.83. The van der Waals surface area contributed by atoms with Crippen LogP contribution in [0.1, 0.15) is 45.9 Å². The minimum atomic E-state index is -0.641. The van der Waals surface area contributed by atoms with Crippen molar-refractivity contribution in [2.24, 2.45) is 5.92 Å². The first-order valence-electron chi connectivity index (χ1n) is 9.44. The second-order valence-corrected chi connectivity index (χ2v) is 9.68. The van der Waals surface area contributed by atoms with Crippen molar-refractivity contribution < 1.29 is 14.4 Å². The molecule has 7 heteroatoms. The summed E-state index contributed by atoms with van der Waals surface area (Å²) in [4.78, 5) is 43.0. The second-order valence-electron chi connectivity index (χ2n) is 7.22. The van der Waals surface area contributed by atoms with Gasteiger partial charge in [-0.3, -0.25) is 19.3 Å². The Morgan fingerprint density at radius 1 is 1.14 bits per heavy atom. The Morgan fingerprint density at radius 3 is 2.25 bits per heavy atom. The molecule has 0 unspecified atom stereocenters. The number of amides is 3. The Bertz CT molecular complexity index is 933. The Hall–Kier alpha value is -1.99. The van der Waals surface area contributed by atoms with Gasteiger partial charge in [0, 0.05) is 24.5 Å². The van der Waals surface area contributed by atoms with E-state index in [0.717, 1.165) is 8.66 Å². The quantitative estimate of drug-likeness (QED) is 0.613. The van der Waals surface area contributed by atoms with E-state index in [1.165, 1.54) is 4.90 Å². The number of imide groups is 1. The standard InChI is InChI=1S/C21H21BrN2O3S/c1-3-23(4-2)20(27)21(16-9-10-17(22)28-16)11-13(21)12-24-18(25)14-7-5-6-8-15(14)19(24)26/h5-10,13H,3-4,11-12H2,1-2H3/t13-,21-/m0/s1. The molecule has 0 bridgehead atoms. The number of fused-ring (bicyclic) bond motifs is 1. The van der Waals surface area contributed by atoms with Crippen LogP contribution in [0, 0.1) is 5.92 Å². The van der Waals surface area contributed by atoms with Crippen LogP contribution < -0.4 is 0 Å². The number of hydrogen-bond acceptors (Lipinski definition) is 4. The van der Waals surface area contributed by atoms with Crippen molar-refractivity contribution in [3.05, 3.63) is 56.2 Å². The molecule has 1 fully saturated rings. The molecule has 2 atom stereocenters. The van der Waals surface area contributed by atoms with E-state index in [4.69, 9.17) is 0 Å². The number of carbonyl (C=O) groups excluding carboxylic acids is 3. The van der Waals surface area contributed by atoms with Gasteiger partial charge in [-0.15, -0.1) is 11.3 Å². The van der Waals surface area contributed by atoms with E-state index < -0.39 is 5.41 Å². The van der Waals surface area contributed by atoms with Gasteiger partial charge in [0.1, 0.15) is 0 Å². The Labute approximate surface area is 176 Å². The van der Waals surface area contributed by atoms with Crippen LogP contribution >= 0.6 is 27.3 Å². The zero-order valence-electron chi connectivity index (χ0n) is 15.8. The van der Waals surface area contributed by atoms with Gasteiger partial charge in [0.2, 0.25) is 5.91 Å². The number of thiophene rings is 1. The van der Waals surface area contributed by atoms with Crippen molar-refractivity contribution in [3.63, 3.8) is 0 Å². The average Bonchev–Trinajstić information content (AvgIpc) is 3.18. The molecule has 0 N–H and O–H groups in total. The lowest BCUT2D eigenvalue weighted by atomic mass is 9.98. The van der Waals surface area contributed by atoms with Gasteiger partial charge in [0.05, 0.1) is 20.3 Å². The molecule has 3 amide bonds. The molecule has 0 radical (unpaired) electrons. The molecule has 146 valence electrons. The Morgan fingerprint density at radius 2 is 1.75 bits per heavy atom. The molecule has 2 heterocycles. The topological polar surface area (TPSA) is 57.7 Å². The fourth-order valence-corrected chi connectivity index (χ4v) is 5.85. The monoisotopic (exact) mass is 460 g/mol. The summed E-state index contributed by atoms with van der Waals surface area (Å²) >= 11 is 5.05. The summed E-state index contributed by atoms with van der Waals surface area (Å²) in [5, 5.41) is 0. The largest absolute Gasteiger partial charge is 0.342 e. The van der Waals surface area contributed by atoms with Gasteiger partial charge in [-0.05, 0) is 66.4 Å². The third-order valence-electron chi connectivity index (χ3n) is 5.83. The van der Waals surface area contributed by atoms with Gasteiger partial charge in [0.15, 0.2) is 0 Å². The molecule has 0 spiro atoms. The van der Waals surface area contributed by atoms with Crippen LogP contribution in [0.15, 0.2) is 40.2 Å². The van der Waals surface area contributed by atoms with Gasteiger partial charge in [0.25, 0.3) is 11.8 Å². The first-order valence-corrected chi connectivity index (χ1v) is 11.0. The van der Waals surface area contributed by atoms with Crippen LogP contribution in [0.3, 0.4) is 0 Å². The van der Waals surface area contributed by atoms with Crippen molar-refractivity contribution in [1.29, 1.82) is 0 Å². The fraction of sp³-hybridized carbons (Fsp3) is 0.381. The first-order chi connectivity index (χ1) is 13.4. The van der Waals surface area contributed by atoms with Crippen molar-refractivity contribution in [2.45, 2.75) is 25.7 Å². The van der Waals surface area contributed by atoms with E-state index in [-0.39, 0.29) is 30.2 Å². The molecule has 1 aromatic heterocycles. The SMILES string of the molecule is CCN(CC)C(=O)[C@@]1(c2ccc(Br)s2)C[C@H]1CN1C(=O)c2ccccc2C1=O. The van der Waals surface area contributed by atoms with Gasteiger partial charge in [-0.25, -0.2) is 0 Å². The highest BCUT2D eigenvalue weighted by Crippen LogP contribution is 2.58. The smallest absolute Gasteiger partial charge is 0.261 e. The zero-order valence-corrected chi connectivity index (χ0v) is 18.2. The molecule has 4 rings (SSSR count). The Kier molecular flexibility index (Phi) is 4.91. The van der Waals surface area contributed by atoms with E-state index in [1.807, 2.05) is 30.9 Å². The minimum Gasteiger partial charge on any atom is -0.342 e. The van der Waals surface area contributed by atoms with E-state index in [1.54, 1.807) is 35.6 Å². The average molecular weight is 461 g/mol. The van der Waals surface area contributed by atoms with Crippen molar-refractivity contribution in [1.82, 2.24) is 9.80 Å². The molecular formula is C21H21BrN2O3S. The highest BCUT2D eigenvalue weighted by Gasteiger charge is 2.63. The minimum absolute atomic E-state index is 0.0617. The summed E-state index contributed by atoms with van der Waals surface area (Å²) in [6.07, 6.45) is 0.655. The second kappa shape index (κ2) is 7.12. The maximum absolute atomic E-state index is 13.4. The summed E-state index contributed by atoms with van der Waals surface area (Å²) in [7, 11) is 0. The van der Waals surface area contributed by atoms with Crippen molar-refractivity contribution in [2.75, 3.05) is 19.6 Å². The normalized spacial score (nSPS) is 23.1. The van der Waals surface area contributed by atoms with Crippen LogP contribution in [0.25, 0.3) is 0 Å². The lowest BCUT2D eigenvalue weighted by molar-refractivity contribution is -0.134. The molecule has 1 saturated carbocycles. The van der Waals surface area contributed by atoms with Crippen LogP contribution in [0.2, 0.25) is 0 Å². The predicted octanol–water partition coefficient (Wildman–Crippen LogP) is 3.93. The molecule has 1 aromatic carbocycles. The highest BCUT2D eigenvalue weighted by molar-refractivity contribution is 9.11. The molecule has 2 aromatic rings. The third-order valence-corrected chi connectivity index (χ3v) is 7.63. The van der Waals surface area contributed by atoms with E-state index in [0.29, 0.717) is 30.6 Å². The van der Waals surface area contributed by atoms with Gasteiger partial charge in [-0.2, -0.15) is 0 Å². The van der Waals surface area contributed by atoms with Crippen LogP contribution in [0.5, 0.6) is 0 Å². The number of benzene rings is 1. The Balaban J connectivity index is 1.63. The van der Waals surface area contributed by atoms with Crippen molar-refractivity contribution in [3.8, 4) is 0 Å². The summed E-state index contributed by atoms with van der Waals surface area (Å²) in [6, 6.07) is 10.8. The van der Waals surface area contributed by atoms with Gasteiger partial charge < -0.3 is 4.90 Å². The van der Waals surface area contributed by atoms with Crippen LogP contribution in [-0.4, -0.2) is 47.2 Å². The molecule has 0 saturated heterocycles. The molecular weight excluding hydrogens is 440 g/mol. The van der Waals surface area contributed by atoms with Gasteiger partial charge in [-0.1, -0.05) is 12.1 Å². The summed E-state index contributed by atoms with van der Waals surface area (Å²) in [5.74, 6) is -0.491. The summed E-state index contributed by atoms with van der Waals surface area (Å²) in [5.41, 5.74) is 0.262. The number of likely N-dealkylation sites (N-methyl/N-ethyl adjacent to an activating group) is 1.